The fraction of sp³-hybridized carbons (Fsp3) is 1.00. The zero-order valence-corrected chi connectivity index (χ0v) is 13.4. The van der Waals surface area contributed by atoms with Gasteiger partial charge in [0, 0.05) is 25.2 Å². The lowest BCUT2D eigenvalue weighted by molar-refractivity contribution is 0.0740. The minimum Gasteiger partial charge on any atom is -0.311 e. The van der Waals surface area contributed by atoms with Crippen molar-refractivity contribution in [2.24, 2.45) is 11.3 Å². The molecule has 0 aromatic heterocycles. The first-order chi connectivity index (χ1) is 8.34. The standard InChI is InChI=1S/C16H34N2/c1-7-8-9-18-12-15(16(4,5)6)17-11-14(18)10-13(2)3/h13-15,17H,7-12H2,1-6H3. The van der Waals surface area contributed by atoms with E-state index in [0.29, 0.717) is 11.5 Å². The molecule has 108 valence electrons. The zero-order chi connectivity index (χ0) is 13.8. The van der Waals surface area contributed by atoms with Gasteiger partial charge in [-0.15, -0.1) is 0 Å². The Kier molecular flexibility index (Phi) is 6.13. The minimum atomic E-state index is 0.368. The molecule has 0 aromatic rings. The highest BCUT2D eigenvalue weighted by Crippen LogP contribution is 2.25. The Labute approximate surface area is 115 Å². The van der Waals surface area contributed by atoms with Crippen LogP contribution in [0.4, 0.5) is 0 Å². The lowest BCUT2D eigenvalue weighted by atomic mass is 9.84. The van der Waals surface area contributed by atoms with E-state index in [1.54, 1.807) is 0 Å². The molecule has 0 saturated carbocycles. The van der Waals surface area contributed by atoms with Gasteiger partial charge in [-0.25, -0.2) is 0 Å². The molecular formula is C16H34N2. The van der Waals surface area contributed by atoms with Crippen molar-refractivity contribution in [3.63, 3.8) is 0 Å². The van der Waals surface area contributed by atoms with E-state index in [1.807, 2.05) is 0 Å². The van der Waals surface area contributed by atoms with Gasteiger partial charge in [0.25, 0.3) is 0 Å². The third kappa shape index (κ3) is 4.89. The van der Waals surface area contributed by atoms with Gasteiger partial charge in [-0.05, 0) is 30.7 Å². The van der Waals surface area contributed by atoms with Crippen molar-refractivity contribution in [2.45, 2.75) is 72.9 Å². The van der Waals surface area contributed by atoms with Gasteiger partial charge >= 0.3 is 0 Å². The molecular weight excluding hydrogens is 220 g/mol. The molecule has 2 heteroatoms. The minimum absolute atomic E-state index is 0.368. The molecule has 2 atom stereocenters. The Morgan fingerprint density at radius 2 is 1.94 bits per heavy atom. The molecule has 0 aromatic carbocycles. The van der Waals surface area contributed by atoms with Crippen LogP contribution in [0.5, 0.6) is 0 Å². The van der Waals surface area contributed by atoms with Crippen molar-refractivity contribution in [1.29, 1.82) is 0 Å². The average molecular weight is 254 g/mol. The zero-order valence-electron chi connectivity index (χ0n) is 13.4. The van der Waals surface area contributed by atoms with Crippen LogP contribution in [0.15, 0.2) is 0 Å². The molecule has 1 rings (SSSR count). The van der Waals surface area contributed by atoms with E-state index in [4.69, 9.17) is 0 Å². The van der Waals surface area contributed by atoms with Gasteiger partial charge < -0.3 is 5.32 Å². The van der Waals surface area contributed by atoms with Crippen LogP contribution in [0.25, 0.3) is 0 Å². The Morgan fingerprint density at radius 1 is 1.28 bits per heavy atom. The Hall–Kier alpha value is -0.0800. The van der Waals surface area contributed by atoms with Crippen molar-refractivity contribution < 1.29 is 0 Å². The van der Waals surface area contributed by atoms with E-state index >= 15 is 0 Å². The maximum absolute atomic E-state index is 3.78. The summed E-state index contributed by atoms with van der Waals surface area (Å²) in [6.45, 7) is 17.7. The molecule has 18 heavy (non-hydrogen) atoms. The second-order valence-electron chi connectivity index (χ2n) is 7.46. The maximum atomic E-state index is 3.78. The normalized spacial score (nSPS) is 26.8. The van der Waals surface area contributed by atoms with Crippen molar-refractivity contribution in [3.8, 4) is 0 Å². The molecule has 1 aliphatic heterocycles. The van der Waals surface area contributed by atoms with Crippen molar-refractivity contribution in [1.82, 2.24) is 10.2 Å². The van der Waals surface area contributed by atoms with Crippen LogP contribution >= 0.6 is 0 Å². The molecule has 0 amide bonds. The number of nitrogens with one attached hydrogen (secondary N) is 1. The van der Waals surface area contributed by atoms with E-state index in [9.17, 15) is 0 Å². The van der Waals surface area contributed by atoms with Gasteiger partial charge in [-0.3, -0.25) is 4.90 Å². The number of piperazine rings is 1. The third-order valence-corrected chi connectivity index (χ3v) is 4.12. The third-order valence-electron chi connectivity index (χ3n) is 4.12. The Balaban J connectivity index is 2.60. The van der Waals surface area contributed by atoms with Crippen LogP contribution in [-0.4, -0.2) is 36.6 Å². The van der Waals surface area contributed by atoms with Crippen molar-refractivity contribution in [2.75, 3.05) is 19.6 Å². The first kappa shape index (κ1) is 16.0. The number of hydrogen-bond donors (Lipinski definition) is 1. The largest absolute Gasteiger partial charge is 0.311 e. The summed E-state index contributed by atoms with van der Waals surface area (Å²) in [5.41, 5.74) is 0.368. The predicted octanol–water partition coefficient (Wildman–Crippen LogP) is 3.52. The Morgan fingerprint density at radius 3 is 2.44 bits per heavy atom. The maximum Gasteiger partial charge on any atom is 0.0244 e. The molecule has 0 aliphatic carbocycles. The van der Waals surface area contributed by atoms with Crippen molar-refractivity contribution in [3.05, 3.63) is 0 Å². The van der Waals surface area contributed by atoms with Crippen LogP contribution < -0.4 is 5.32 Å². The molecule has 1 saturated heterocycles. The van der Waals surface area contributed by atoms with E-state index in [1.165, 1.54) is 38.9 Å². The first-order valence-electron chi connectivity index (χ1n) is 7.82. The molecule has 2 nitrogen and oxygen atoms in total. The second kappa shape index (κ2) is 6.91. The van der Waals surface area contributed by atoms with Crippen molar-refractivity contribution >= 4 is 0 Å². The summed E-state index contributed by atoms with van der Waals surface area (Å²) in [5.74, 6) is 0.798. The van der Waals surface area contributed by atoms with Crippen LogP contribution in [0.2, 0.25) is 0 Å². The second-order valence-corrected chi connectivity index (χ2v) is 7.46. The molecule has 0 spiro atoms. The molecule has 0 bridgehead atoms. The van der Waals surface area contributed by atoms with Crippen LogP contribution in [0.3, 0.4) is 0 Å². The number of unbranched alkanes of at least 4 members (excludes halogenated alkanes) is 1. The van der Waals surface area contributed by atoms with Crippen LogP contribution in [0.1, 0.15) is 60.8 Å². The number of hydrogen-bond acceptors (Lipinski definition) is 2. The molecule has 0 radical (unpaired) electrons. The number of rotatable bonds is 5. The summed E-state index contributed by atoms with van der Waals surface area (Å²) in [4.78, 5) is 2.75. The average Bonchev–Trinajstić information content (AvgIpc) is 2.25. The molecule has 2 unspecified atom stereocenters. The summed E-state index contributed by atoms with van der Waals surface area (Å²) in [5, 5.41) is 3.78. The summed E-state index contributed by atoms with van der Waals surface area (Å²) < 4.78 is 0. The van der Waals surface area contributed by atoms with Crippen LogP contribution in [0, 0.1) is 11.3 Å². The van der Waals surface area contributed by atoms with Gasteiger partial charge in [0.05, 0.1) is 0 Å². The quantitative estimate of drug-likeness (QED) is 0.807. The predicted molar refractivity (Wildman–Crippen MR) is 81.0 cm³/mol. The Bertz CT molecular complexity index is 230. The fourth-order valence-electron chi connectivity index (χ4n) is 2.85. The number of nitrogens with zero attached hydrogens (tertiary/aromatic N) is 1. The topological polar surface area (TPSA) is 15.3 Å². The summed E-state index contributed by atoms with van der Waals surface area (Å²) in [7, 11) is 0. The smallest absolute Gasteiger partial charge is 0.0244 e. The summed E-state index contributed by atoms with van der Waals surface area (Å²) >= 11 is 0. The van der Waals surface area contributed by atoms with Crippen LogP contribution in [-0.2, 0) is 0 Å². The molecule has 1 fully saturated rings. The van der Waals surface area contributed by atoms with Gasteiger partial charge in [0.1, 0.15) is 0 Å². The highest BCUT2D eigenvalue weighted by atomic mass is 15.2. The highest BCUT2D eigenvalue weighted by molar-refractivity contribution is 4.92. The lowest BCUT2D eigenvalue weighted by Crippen LogP contribution is -2.60. The van der Waals surface area contributed by atoms with E-state index in [-0.39, 0.29) is 0 Å². The lowest BCUT2D eigenvalue weighted by Gasteiger charge is -2.45. The first-order valence-corrected chi connectivity index (χ1v) is 7.82. The van der Waals surface area contributed by atoms with E-state index in [0.717, 1.165) is 12.0 Å². The van der Waals surface area contributed by atoms with Gasteiger partial charge in [-0.1, -0.05) is 48.0 Å². The summed E-state index contributed by atoms with van der Waals surface area (Å²) in [6.07, 6.45) is 3.97. The molecule has 1 N–H and O–H groups in total. The highest BCUT2D eigenvalue weighted by Gasteiger charge is 2.33. The fourth-order valence-corrected chi connectivity index (χ4v) is 2.85. The van der Waals surface area contributed by atoms with Gasteiger partial charge in [0.15, 0.2) is 0 Å². The SMILES string of the molecule is CCCCN1CC(C(C)(C)C)NCC1CC(C)C. The summed E-state index contributed by atoms with van der Waals surface area (Å²) in [6, 6.07) is 1.38. The van der Waals surface area contributed by atoms with E-state index < -0.39 is 0 Å². The monoisotopic (exact) mass is 254 g/mol. The molecule has 1 aliphatic rings. The van der Waals surface area contributed by atoms with E-state index in [2.05, 4.69) is 51.8 Å². The molecule has 1 heterocycles. The van der Waals surface area contributed by atoms with Gasteiger partial charge in [0.2, 0.25) is 0 Å². The van der Waals surface area contributed by atoms with Gasteiger partial charge in [-0.2, -0.15) is 0 Å².